The van der Waals surface area contributed by atoms with Crippen LogP contribution in [0.2, 0.25) is 0 Å². The minimum Gasteiger partial charge on any atom is -0.394 e. The van der Waals surface area contributed by atoms with Gasteiger partial charge in [-0.1, -0.05) is 6.07 Å². The fourth-order valence-corrected chi connectivity index (χ4v) is 3.53. The highest BCUT2D eigenvalue weighted by Gasteiger charge is 2.41. The topological polar surface area (TPSA) is 124 Å². The molecule has 0 saturated heterocycles. The predicted molar refractivity (Wildman–Crippen MR) is 103 cm³/mol. The second kappa shape index (κ2) is 8.97. The average molecular weight is 403 g/mol. The van der Waals surface area contributed by atoms with Crippen LogP contribution in [0.3, 0.4) is 0 Å². The predicted octanol–water partition coefficient (Wildman–Crippen LogP) is 0.804. The number of nitrogens with zero attached hydrogens (tertiary/aromatic N) is 1. The van der Waals surface area contributed by atoms with Gasteiger partial charge in [-0.2, -0.15) is 0 Å². The zero-order valence-corrected chi connectivity index (χ0v) is 15.6. The van der Waals surface area contributed by atoms with Crippen molar-refractivity contribution < 1.29 is 23.8 Å². The Morgan fingerprint density at radius 1 is 1.28 bits per heavy atom. The van der Waals surface area contributed by atoms with Gasteiger partial charge in [-0.05, 0) is 31.0 Å². The number of hydrogen-bond donors (Lipinski definition) is 3. The highest BCUT2D eigenvalue weighted by atomic mass is 19.1. The number of carbonyl (C=O) groups is 2. The lowest BCUT2D eigenvalue weighted by Gasteiger charge is -2.16. The van der Waals surface area contributed by atoms with E-state index in [2.05, 4.69) is 5.32 Å². The van der Waals surface area contributed by atoms with Crippen LogP contribution in [0.15, 0.2) is 47.4 Å². The molecule has 0 radical (unpaired) electrons. The molecule has 0 bridgehead atoms. The summed E-state index contributed by atoms with van der Waals surface area (Å²) >= 11 is 0. The van der Waals surface area contributed by atoms with Gasteiger partial charge in [-0.15, -0.1) is 0 Å². The van der Waals surface area contributed by atoms with E-state index in [1.54, 1.807) is 12.1 Å². The van der Waals surface area contributed by atoms with Crippen molar-refractivity contribution in [3.05, 3.63) is 58.8 Å². The van der Waals surface area contributed by atoms with E-state index in [0.717, 1.165) is 6.07 Å². The monoisotopic (exact) mass is 403 g/mol. The minimum atomic E-state index is -0.691. The first kappa shape index (κ1) is 20.7. The lowest BCUT2D eigenvalue weighted by molar-refractivity contribution is -0.126. The maximum atomic E-state index is 14.5. The Bertz CT molecular complexity index is 961. The van der Waals surface area contributed by atoms with Crippen LogP contribution in [0.1, 0.15) is 12.8 Å². The summed E-state index contributed by atoms with van der Waals surface area (Å²) in [5, 5.41) is 11.4. The summed E-state index contributed by atoms with van der Waals surface area (Å²) in [6, 6.07) is 8.65. The Labute approximate surface area is 166 Å². The minimum absolute atomic E-state index is 0.0296. The number of primary amides is 1. The molecule has 1 aliphatic carbocycles. The van der Waals surface area contributed by atoms with E-state index in [9.17, 15) is 18.8 Å². The number of ether oxygens (including phenoxy) is 1. The third kappa shape index (κ3) is 4.69. The van der Waals surface area contributed by atoms with Crippen LogP contribution in [-0.2, 0) is 14.3 Å². The van der Waals surface area contributed by atoms with E-state index in [1.807, 2.05) is 0 Å². The van der Waals surface area contributed by atoms with E-state index in [0.29, 0.717) is 5.69 Å². The molecule has 1 aliphatic rings. The summed E-state index contributed by atoms with van der Waals surface area (Å²) in [4.78, 5) is 36.1. The fraction of sp³-hybridized carbons (Fsp3) is 0.350. The Balaban J connectivity index is 1.71. The van der Waals surface area contributed by atoms with Gasteiger partial charge in [0.25, 0.3) is 5.56 Å². The number of nitrogens with two attached hydrogens (primary N) is 1. The molecule has 0 spiro atoms. The van der Waals surface area contributed by atoms with Crippen molar-refractivity contribution in [3.63, 3.8) is 0 Å². The largest absolute Gasteiger partial charge is 0.394 e. The standard InChI is InChI=1S/C20H22FN3O5/c21-15-11-13(24-6-2-1-3-18(24)26)4-5-16(15)23-20(28)12-9-14(19(22)27)17(10-12)29-8-7-25/h1-6,11-12,14,17,25H,7-10H2,(H2,22,27)(H,23,28)/t12-,14-,17-/m0/s1. The maximum Gasteiger partial charge on any atom is 0.255 e. The number of aliphatic hydroxyl groups is 1. The highest BCUT2D eigenvalue weighted by molar-refractivity contribution is 5.93. The molecule has 2 amide bonds. The Morgan fingerprint density at radius 2 is 2.07 bits per heavy atom. The van der Waals surface area contributed by atoms with Gasteiger partial charge in [0.1, 0.15) is 5.82 Å². The molecule has 8 nitrogen and oxygen atoms in total. The van der Waals surface area contributed by atoms with E-state index >= 15 is 0 Å². The van der Waals surface area contributed by atoms with Crippen molar-refractivity contribution in [1.82, 2.24) is 4.57 Å². The molecule has 29 heavy (non-hydrogen) atoms. The van der Waals surface area contributed by atoms with Crippen LogP contribution < -0.4 is 16.6 Å². The smallest absolute Gasteiger partial charge is 0.255 e. The van der Waals surface area contributed by atoms with Crippen LogP contribution in [0, 0.1) is 17.7 Å². The van der Waals surface area contributed by atoms with Crippen molar-refractivity contribution in [2.75, 3.05) is 18.5 Å². The molecule has 0 unspecified atom stereocenters. The molecule has 1 fully saturated rings. The van der Waals surface area contributed by atoms with Crippen molar-refractivity contribution in [3.8, 4) is 5.69 Å². The van der Waals surface area contributed by atoms with Gasteiger partial charge in [0, 0.05) is 24.2 Å². The van der Waals surface area contributed by atoms with Gasteiger partial charge in [-0.3, -0.25) is 19.0 Å². The van der Waals surface area contributed by atoms with Crippen molar-refractivity contribution in [2.24, 2.45) is 17.6 Å². The zero-order chi connectivity index (χ0) is 21.0. The summed E-state index contributed by atoms with van der Waals surface area (Å²) in [6.45, 7) is -0.168. The SMILES string of the molecule is NC(=O)[C@H]1C[C@H](C(=O)Nc2ccc(-n3ccccc3=O)cc2F)C[C@@H]1OCCO. The van der Waals surface area contributed by atoms with Gasteiger partial charge in [0.05, 0.1) is 36.6 Å². The maximum absolute atomic E-state index is 14.5. The average Bonchev–Trinajstić information content (AvgIpc) is 3.13. The van der Waals surface area contributed by atoms with Crippen LogP contribution >= 0.6 is 0 Å². The highest BCUT2D eigenvalue weighted by Crippen LogP contribution is 2.34. The molecule has 154 valence electrons. The number of benzene rings is 1. The molecule has 2 aromatic rings. The number of pyridine rings is 1. The molecular formula is C20H22FN3O5. The number of aliphatic hydroxyl groups excluding tert-OH is 1. The van der Waals surface area contributed by atoms with E-state index in [4.69, 9.17) is 15.6 Å². The summed E-state index contributed by atoms with van der Waals surface area (Å²) in [7, 11) is 0. The molecule has 1 heterocycles. The second-order valence-electron chi connectivity index (χ2n) is 6.87. The summed E-state index contributed by atoms with van der Waals surface area (Å²) in [5.41, 5.74) is 5.38. The van der Waals surface area contributed by atoms with Crippen molar-refractivity contribution >= 4 is 17.5 Å². The van der Waals surface area contributed by atoms with Crippen LogP contribution in [-0.4, -0.2) is 40.8 Å². The molecule has 1 aromatic carbocycles. The van der Waals surface area contributed by atoms with E-state index in [1.165, 1.54) is 29.0 Å². The molecule has 3 atom stereocenters. The summed E-state index contributed by atoms with van der Waals surface area (Å²) in [5.74, 6) is -2.94. The van der Waals surface area contributed by atoms with Gasteiger partial charge in [0.15, 0.2) is 0 Å². The summed E-state index contributed by atoms with van der Waals surface area (Å²) in [6.07, 6.45) is 1.40. The lowest BCUT2D eigenvalue weighted by atomic mass is 10.0. The van der Waals surface area contributed by atoms with Crippen molar-refractivity contribution in [2.45, 2.75) is 18.9 Å². The zero-order valence-electron chi connectivity index (χ0n) is 15.6. The fourth-order valence-electron chi connectivity index (χ4n) is 3.53. The molecular weight excluding hydrogens is 381 g/mol. The third-order valence-electron chi connectivity index (χ3n) is 4.97. The molecule has 0 aliphatic heterocycles. The van der Waals surface area contributed by atoms with Crippen LogP contribution in [0.5, 0.6) is 0 Å². The lowest BCUT2D eigenvalue weighted by Crippen LogP contribution is -2.31. The number of amides is 2. The molecule has 9 heteroatoms. The number of rotatable bonds is 7. The first-order valence-corrected chi connectivity index (χ1v) is 9.21. The van der Waals surface area contributed by atoms with E-state index in [-0.39, 0.29) is 37.3 Å². The quantitative estimate of drug-likeness (QED) is 0.631. The number of aromatic nitrogens is 1. The van der Waals surface area contributed by atoms with Crippen LogP contribution in [0.4, 0.5) is 10.1 Å². The second-order valence-corrected chi connectivity index (χ2v) is 6.87. The Hall–Kier alpha value is -3.04. The molecule has 1 aromatic heterocycles. The molecule has 4 N–H and O–H groups in total. The van der Waals surface area contributed by atoms with Gasteiger partial charge in [0.2, 0.25) is 11.8 Å². The Kier molecular flexibility index (Phi) is 6.40. The van der Waals surface area contributed by atoms with Gasteiger partial charge >= 0.3 is 0 Å². The number of nitrogens with one attached hydrogen (secondary N) is 1. The first-order chi connectivity index (χ1) is 13.9. The summed E-state index contributed by atoms with van der Waals surface area (Å²) < 4.78 is 21.2. The van der Waals surface area contributed by atoms with Crippen molar-refractivity contribution in [1.29, 1.82) is 0 Å². The number of anilines is 1. The first-order valence-electron chi connectivity index (χ1n) is 9.21. The Morgan fingerprint density at radius 3 is 2.72 bits per heavy atom. The van der Waals surface area contributed by atoms with Gasteiger partial charge in [-0.25, -0.2) is 4.39 Å². The molecule has 1 saturated carbocycles. The number of carbonyl (C=O) groups excluding carboxylic acids is 2. The molecule has 3 rings (SSSR count). The van der Waals surface area contributed by atoms with E-state index < -0.39 is 35.6 Å². The van der Waals surface area contributed by atoms with Crippen LogP contribution in [0.25, 0.3) is 5.69 Å². The van der Waals surface area contributed by atoms with Gasteiger partial charge < -0.3 is 20.9 Å². The normalized spacial score (nSPS) is 21.1. The third-order valence-corrected chi connectivity index (χ3v) is 4.97. The number of hydrogen-bond acceptors (Lipinski definition) is 5. The number of halogens is 1.